The molecule has 0 saturated carbocycles. The van der Waals surface area contributed by atoms with Crippen LogP contribution in [0, 0.1) is 6.42 Å². The van der Waals surface area contributed by atoms with E-state index in [0.29, 0.717) is 6.42 Å². The molecular formula is C23H22NO3. The topological polar surface area (TPSA) is 47.9 Å². The van der Waals surface area contributed by atoms with Crippen LogP contribution in [0.1, 0.15) is 17.5 Å². The van der Waals surface area contributed by atoms with Gasteiger partial charge in [0.1, 0.15) is 0 Å². The average Bonchev–Trinajstić information content (AvgIpc) is 2.75. The maximum atomic E-state index is 12.5. The summed E-state index contributed by atoms with van der Waals surface area (Å²) < 4.78 is 10.3. The molecule has 1 radical (unpaired) electrons. The lowest BCUT2D eigenvalue weighted by molar-refractivity contribution is -0.141. The highest BCUT2D eigenvalue weighted by atomic mass is 16.5. The van der Waals surface area contributed by atoms with Crippen LogP contribution < -0.4 is 0 Å². The third-order valence-corrected chi connectivity index (χ3v) is 4.36. The second-order valence-electron chi connectivity index (χ2n) is 6.06. The Labute approximate surface area is 159 Å². The lowest BCUT2D eigenvalue weighted by Crippen LogP contribution is -2.25. The van der Waals surface area contributed by atoms with E-state index in [-0.39, 0.29) is 5.97 Å². The number of rotatable bonds is 6. The van der Waals surface area contributed by atoms with E-state index in [1.54, 1.807) is 7.11 Å². The van der Waals surface area contributed by atoms with Gasteiger partial charge in [-0.15, -0.1) is 0 Å². The Hall–Kier alpha value is -3.14. The van der Waals surface area contributed by atoms with E-state index in [1.165, 1.54) is 7.11 Å². The molecule has 1 aliphatic rings. The van der Waals surface area contributed by atoms with Crippen LogP contribution in [0.15, 0.2) is 89.1 Å². The van der Waals surface area contributed by atoms with Crippen LogP contribution in [0.25, 0.3) is 0 Å². The van der Waals surface area contributed by atoms with Crippen LogP contribution in [-0.2, 0) is 14.3 Å². The Morgan fingerprint density at radius 1 is 0.963 bits per heavy atom. The molecule has 1 atom stereocenters. The van der Waals surface area contributed by atoms with Gasteiger partial charge in [-0.3, -0.25) is 4.99 Å². The summed E-state index contributed by atoms with van der Waals surface area (Å²) in [6, 6.07) is 19.0. The van der Waals surface area contributed by atoms with Crippen LogP contribution >= 0.6 is 0 Å². The van der Waals surface area contributed by atoms with Crippen LogP contribution in [0.3, 0.4) is 0 Å². The van der Waals surface area contributed by atoms with Gasteiger partial charge in [0.05, 0.1) is 25.7 Å². The molecule has 2 aromatic carbocycles. The molecule has 4 nitrogen and oxygen atoms in total. The summed E-state index contributed by atoms with van der Waals surface area (Å²) in [5, 5.41) is 0. The standard InChI is InChI=1S/C23H22NO3/c1-26-20-15-13-19(14-16-20)22(23(25)27-2)24-21(17-9-5-3-6-10-17)18-11-7-4-8-12-18/h3-13,15-16,22H,14H2,1-2H3. The number of carbonyl (C=O) groups is 1. The normalized spacial score (nSPS) is 14.4. The number of aliphatic imine (C=N–C) groups is 1. The zero-order chi connectivity index (χ0) is 19.1. The van der Waals surface area contributed by atoms with Gasteiger partial charge in [-0.25, -0.2) is 4.79 Å². The van der Waals surface area contributed by atoms with Crippen molar-refractivity contribution in [2.75, 3.05) is 14.2 Å². The number of allylic oxidation sites excluding steroid dienone is 2. The van der Waals surface area contributed by atoms with Gasteiger partial charge >= 0.3 is 5.97 Å². The van der Waals surface area contributed by atoms with Crippen LogP contribution in [-0.4, -0.2) is 31.9 Å². The minimum atomic E-state index is -0.712. The van der Waals surface area contributed by atoms with Crippen molar-refractivity contribution >= 4 is 11.7 Å². The van der Waals surface area contributed by atoms with Crippen molar-refractivity contribution in [3.63, 3.8) is 0 Å². The molecular weight excluding hydrogens is 338 g/mol. The molecule has 137 valence electrons. The third kappa shape index (κ3) is 4.53. The molecule has 0 saturated heterocycles. The zero-order valence-corrected chi connectivity index (χ0v) is 15.5. The van der Waals surface area contributed by atoms with Crippen molar-refractivity contribution in [2.45, 2.75) is 12.5 Å². The number of ether oxygens (including phenoxy) is 2. The molecule has 2 aromatic rings. The monoisotopic (exact) mass is 360 g/mol. The number of methoxy groups -OCH3 is 2. The van der Waals surface area contributed by atoms with Crippen molar-refractivity contribution < 1.29 is 14.3 Å². The predicted molar refractivity (Wildman–Crippen MR) is 106 cm³/mol. The van der Waals surface area contributed by atoms with Gasteiger partial charge < -0.3 is 9.47 Å². The molecule has 0 amide bonds. The van der Waals surface area contributed by atoms with Gasteiger partial charge in [-0.2, -0.15) is 0 Å². The molecule has 0 bridgehead atoms. The molecule has 0 N–H and O–H groups in total. The highest BCUT2D eigenvalue weighted by molar-refractivity contribution is 6.13. The lowest BCUT2D eigenvalue weighted by Gasteiger charge is -2.19. The van der Waals surface area contributed by atoms with Gasteiger partial charge in [-0.05, 0) is 18.1 Å². The minimum Gasteiger partial charge on any atom is -0.501 e. The first-order valence-electron chi connectivity index (χ1n) is 8.77. The SMILES string of the molecule is COC(=O)C(N=C(c1ccccc1)c1ccccc1)C1=C[CH]C(OC)=CC1. The molecule has 0 heterocycles. The Morgan fingerprint density at radius 2 is 1.56 bits per heavy atom. The van der Waals surface area contributed by atoms with Crippen LogP contribution in [0.4, 0.5) is 0 Å². The Balaban J connectivity index is 2.04. The largest absolute Gasteiger partial charge is 0.501 e. The molecule has 27 heavy (non-hydrogen) atoms. The maximum Gasteiger partial charge on any atom is 0.334 e. The van der Waals surface area contributed by atoms with Gasteiger partial charge in [0.25, 0.3) is 0 Å². The van der Waals surface area contributed by atoms with Crippen molar-refractivity contribution in [2.24, 2.45) is 4.99 Å². The fraction of sp³-hybridized carbons (Fsp3) is 0.174. The molecule has 0 aliphatic heterocycles. The Morgan fingerprint density at radius 3 is 2.00 bits per heavy atom. The summed E-state index contributed by atoms with van der Waals surface area (Å²) in [6.07, 6.45) is 6.25. The van der Waals surface area contributed by atoms with Gasteiger partial charge in [0, 0.05) is 17.5 Å². The van der Waals surface area contributed by atoms with E-state index in [9.17, 15) is 4.79 Å². The highest BCUT2D eigenvalue weighted by Gasteiger charge is 2.25. The average molecular weight is 360 g/mol. The zero-order valence-electron chi connectivity index (χ0n) is 15.5. The molecule has 0 spiro atoms. The Bertz CT molecular complexity index is 826. The van der Waals surface area contributed by atoms with E-state index < -0.39 is 6.04 Å². The molecule has 4 heteroatoms. The second-order valence-corrected chi connectivity index (χ2v) is 6.06. The third-order valence-electron chi connectivity index (χ3n) is 4.36. The lowest BCUT2D eigenvalue weighted by atomic mass is 9.96. The van der Waals surface area contributed by atoms with Gasteiger partial charge in [-0.1, -0.05) is 66.7 Å². The summed E-state index contributed by atoms with van der Waals surface area (Å²) >= 11 is 0. The van der Waals surface area contributed by atoms with Crippen molar-refractivity contribution in [3.05, 3.63) is 102 Å². The highest BCUT2D eigenvalue weighted by Crippen LogP contribution is 2.24. The summed E-state index contributed by atoms with van der Waals surface area (Å²) in [6.45, 7) is 0. The maximum absolute atomic E-state index is 12.5. The quantitative estimate of drug-likeness (QED) is 0.575. The van der Waals surface area contributed by atoms with Crippen molar-refractivity contribution in [1.82, 2.24) is 0 Å². The summed E-state index contributed by atoms with van der Waals surface area (Å²) in [5.41, 5.74) is 3.53. The summed E-state index contributed by atoms with van der Waals surface area (Å²) in [5.74, 6) is 0.394. The van der Waals surface area contributed by atoms with Crippen LogP contribution in [0.2, 0.25) is 0 Å². The molecule has 3 rings (SSSR count). The van der Waals surface area contributed by atoms with Crippen molar-refractivity contribution in [3.8, 4) is 0 Å². The molecule has 0 aromatic heterocycles. The number of hydrogen-bond acceptors (Lipinski definition) is 4. The summed E-state index contributed by atoms with van der Waals surface area (Å²) in [7, 11) is 3.01. The van der Waals surface area contributed by atoms with Crippen molar-refractivity contribution in [1.29, 1.82) is 0 Å². The molecule has 1 aliphatic carbocycles. The van der Waals surface area contributed by atoms with E-state index in [0.717, 1.165) is 28.2 Å². The van der Waals surface area contributed by atoms with E-state index in [2.05, 4.69) is 0 Å². The number of nitrogens with zero attached hydrogens (tertiary/aromatic N) is 1. The Kier molecular flexibility index (Phi) is 6.21. The second kappa shape index (κ2) is 8.99. The number of benzene rings is 2. The first kappa shape index (κ1) is 18.6. The number of hydrogen-bond donors (Lipinski definition) is 0. The first-order chi connectivity index (χ1) is 13.2. The first-order valence-corrected chi connectivity index (χ1v) is 8.77. The van der Waals surface area contributed by atoms with E-state index in [4.69, 9.17) is 14.5 Å². The van der Waals surface area contributed by atoms with Crippen LogP contribution in [0.5, 0.6) is 0 Å². The molecule has 1 unspecified atom stereocenters. The van der Waals surface area contributed by atoms with Gasteiger partial charge in [0.15, 0.2) is 6.04 Å². The molecule has 0 fully saturated rings. The summed E-state index contributed by atoms with van der Waals surface area (Å²) in [4.78, 5) is 17.4. The fourth-order valence-corrected chi connectivity index (χ4v) is 2.93. The van der Waals surface area contributed by atoms with E-state index in [1.807, 2.05) is 79.2 Å². The number of carbonyl (C=O) groups excluding carboxylic acids is 1. The van der Waals surface area contributed by atoms with E-state index >= 15 is 0 Å². The van der Waals surface area contributed by atoms with Gasteiger partial charge in [0.2, 0.25) is 0 Å². The predicted octanol–water partition coefficient (Wildman–Crippen LogP) is 4.13. The smallest absolute Gasteiger partial charge is 0.334 e. The fourth-order valence-electron chi connectivity index (χ4n) is 2.93. The number of esters is 1. The minimum absolute atomic E-state index is 0.381.